The summed E-state index contributed by atoms with van der Waals surface area (Å²) < 4.78 is 1.56. The maximum absolute atomic E-state index is 11.9. The first-order valence-electron chi connectivity index (χ1n) is 7.04. The molecule has 7 nitrogen and oxygen atoms in total. The second-order valence-electron chi connectivity index (χ2n) is 4.91. The molecule has 3 rings (SSSR count). The van der Waals surface area contributed by atoms with E-state index in [0.29, 0.717) is 22.9 Å². The number of pyridine rings is 1. The summed E-state index contributed by atoms with van der Waals surface area (Å²) in [5.74, 6) is 0. The minimum Gasteiger partial charge on any atom is -0.338 e. The SMILES string of the molecule is CCCCNC(=O)Nc1cc2ccc(Cl)cc2n2nnnc12. The lowest BCUT2D eigenvalue weighted by atomic mass is 10.2. The molecule has 2 aromatic heterocycles. The quantitative estimate of drug-likeness (QED) is 0.724. The molecule has 0 atom stereocenters. The molecule has 2 N–H and O–H groups in total. The molecule has 0 radical (unpaired) electrons. The first kappa shape index (κ1) is 14.5. The van der Waals surface area contributed by atoms with Gasteiger partial charge in [0.15, 0.2) is 0 Å². The van der Waals surface area contributed by atoms with E-state index in [2.05, 4.69) is 33.1 Å². The Kier molecular flexibility index (Phi) is 4.06. The van der Waals surface area contributed by atoms with E-state index in [1.54, 1.807) is 16.6 Å². The molecule has 22 heavy (non-hydrogen) atoms. The molecular weight excluding hydrogens is 304 g/mol. The number of hydrogen-bond donors (Lipinski definition) is 2. The van der Waals surface area contributed by atoms with Crippen molar-refractivity contribution in [1.82, 2.24) is 25.4 Å². The lowest BCUT2D eigenvalue weighted by Gasteiger charge is -2.09. The monoisotopic (exact) mass is 318 g/mol. The molecule has 0 fully saturated rings. The Balaban J connectivity index is 1.96. The van der Waals surface area contributed by atoms with E-state index in [-0.39, 0.29) is 6.03 Å². The summed E-state index contributed by atoms with van der Waals surface area (Å²) in [7, 11) is 0. The third-order valence-electron chi connectivity index (χ3n) is 3.30. The number of hydrogen-bond acceptors (Lipinski definition) is 4. The lowest BCUT2D eigenvalue weighted by molar-refractivity contribution is 0.252. The molecule has 2 amide bonds. The fourth-order valence-electron chi connectivity index (χ4n) is 2.20. The summed E-state index contributed by atoms with van der Waals surface area (Å²) >= 11 is 6.02. The third kappa shape index (κ3) is 2.80. The number of nitrogens with one attached hydrogen (secondary N) is 2. The van der Waals surface area contributed by atoms with Gasteiger partial charge in [0.05, 0.1) is 11.2 Å². The fourth-order valence-corrected chi connectivity index (χ4v) is 2.36. The number of carbonyl (C=O) groups is 1. The van der Waals surface area contributed by atoms with E-state index in [4.69, 9.17) is 11.6 Å². The normalized spacial score (nSPS) is 11.0. The van der Waals surface area contributed by atoms with Crippen LogP contribution in [-0.4, -0.2) is 32.6 Å². The average molecular weight is 319 g/mol. The number of rotatable bonds is 4. The predicted octanol–water partition coefficient (Wildman–Crippen LogP) is 2.85. The van der Waals surface area contributed by atoms with Crippen LogP contribution in [0.15, 0.2) is 24.3 Å². The average Bonchev–Trinajstić information content (AvgIpc) is 2.98. The van der Waals surface area contributed by atoms with Gasteiger partial charge in [-0.2, -0.15) is 4.52 Å². The molecule has 0 unspecified atom stereocenters. The van der Waals surface area contributed by atoms with Gasteiger partial charge in [-0.25, -0.2) is 4.79 Å². The van der Waals surface area contributed by atoms with Gasteiger partial charge >= 0.3 is 6.03 Å². The molecule has 8 heteroatoms. The Morgan fingerprint density at radius 2 is 2.23 bits per heavy atom. The van der Waals surface area contributed by atoms with E-state index in [1.165, 1.54) is 0 Å². The van der Waals surface area contributed by atoms with E-state index < -0.39 is 0 Å². The van der Waals surface area contributed by atoms with Gasteiger partial charge in [0, 0.05) is 17.0 Å². The van der Waals surface area contributed by atoms with Crippen molar-refractivity contribution in [3.05, 3.63) is 29.3 Å². The highest BCUT2D eigenvalue weighted by Crippen LogP contribution is 2.25. The maximum atomic E-state index is 11.9. The molecule has 0 bridgehead atoms. The Bertz CT molecular complexity index is 831. The van der Waals surface area contributed by atoms with Crippen molar-refractivity contribution in [2.75, 3.05) is 11.9 Å². The standard InChI is InChI=1S/C14H15ClN6O/c1-2-3-6-16-14(22)17-11-7-9-4-5-10(15)8-12(9)21-13(11)18-19-20-21/h4-5,7-8H,2-3,6H2,1H3,(H2,16,17,22). The zero-order chi connectivity index (χ0) is 15.5. The van der Waals surface area contributed by atoms with E-state index in [9.17, 15) is 4.79 Å². The zero-order valence-electron chi connectivity index (χ0n) is 12.0. The van der Waals surface area contributed by atoms with Gasteiger partial charge in [0.25, 0.3) is 0 Å². The highest BCUT2D eigenvalue weighted by molar-refractivity contribution is 6.31. The molecule has 0 spiro atoms. The van der Waals surface area contributed by atoms with Crippen LogP contribution in [-0.2, 0) is 0 Å². The molecule has 3 aromatic rings. The van der Waals surface area contributed by atoms with Gasteiger partial charge in [-0.3, -0.25) is 0 Å². The van der Waals surface area contributed by atoms with Crippen LogP contribution in [0.3, 0.4) is 0 Å². The van der Waals surface area contributed by atoms with Gasteiger partial charge in [-0.05, 0) is 35.0 Å². The summed E-state index contributed by atoms with van der Waals surface area (Å²) in [6, 6.07) is 6.98. The van der Waals surface area contributed by atoms with Crippen LogP contribution >= 0.6 is 11.6 Å². The summed E-state index contributed by atoms with van der Waals surface area (Å²) in [4.78, 5) is 11.9. The maximum Gasteiger partial charge on any atom is 0.319 e. The number of carbonyl (C=O) groups excluding carboxylic acids is 1. The van der Waals surface area contributed by atoms with Gasteiger partial charge in [0.2, 0.25) is 5.65 Å². The number of aromatic nitrogens is 4. The number of unbranched alkanes of at least 4 members (excludes halogenated alkanes) is 1. The van der Waals surface area contributed by atoms with Crippen molar-refractivity contribution in [3.8, 4) is 0 Å². The number of anilines is 1. The number of benzene rings is 1. The van der Waals surface area contributed by atoms with Gasteiger partial charge in [-0.15, -0.1) is 5.10 Å². The number of amides is 2. The lowest BCUT2D eigenvalue weighted by Crippen LogP contribution is -2.29. The van der Waals surface area contributed by atoms with Crippen molar-refractivity contribution in [2.45, 2.75) is 19.8 Å². The minimum atomic E-state index is -0.272. The van der Waals surface area contributed by atoms with E-state index in [0.717, 1.165) is 23.7 Å². The van der Waals surface area contributed by atoms with Crippen LogP contribution in [0.1, 0.15) is 19.8 Å². The molecule has 1 aromatic carbocycles. The van der Waals surface area contributed by atoms with Crippen LogP contribution in [0.2, 0.25) is 5.02 Å². The summed E-state index contributed by atoms with van der Waals surface area (Å²) in [5.41, 5.74) is 1.80. The van der Waals surface area contributed by atoms with E-state index >= 15 is 0 Å². The molecule has 0 saturated heterocycles. The number of halogens is 1. The van der Waals surface area contributed by atoms with Crippen molar-refractivity contribution >= 4 is 39.9 Å². The molecule has 114 valence electrons. The Morgan fingerprint density at radius 1 is 1.36 bits per heavy atom. The molecule has 0 aliphatic rings. The number of tetrazole rings is 1. The van der Waals surface area contributed by atoms with Crippen LogP contribution in [0.25, 0.3) is 16.6 Å². The van der Waals surface area contributed by atoms with Crippen molar-refractivity contribution < 1.29 is 4.79 Å². The smallest absolute Gasteiger partial charge is 0.319 e. The molecule has 0 saturated carbocycles. The Labute approximate surface area is 131 Å². The Morgan fingerprint density at radius 3 is 3.05 bits per heavy atom. The third-order valence-corrected chi connectivity index (χ3v) is 3.53. The number of fused-ring (bicyclic) bond motifs is 3. The highest BCUT2D eigenvalue weighted by Gasteiger charge is 2.12. The topological polar surface area (TPSA) is 84.2 Å². The van der Waals surface area contributed by atoms with Crippen LogP contribution in [0.4, 0.5) is 10.5 Å². The van der Waals surface area contributed by atoms with Crippen LogP contribution < -0.4 is 10.6 Å². The number of nitrogens with zero attached hydrogens (tertiary/aromatic N) is 4. The van der Waals surface area contributed by atoms with E-state index in [1.807, 2.05) is 12.1 Å². The summed E-state index contributed by atoms with van der Waals surface area (Å²) in [6.45, 7) is 2.70. The predicted molar refractivity (Wildman–Crippen MR) is 85.2 cm³/mol. The van der Waals surface area contributed by atoms with Crippen LogP contribution in [0, 0.1) is 0 Å². The molecule has 0 aliphatic carbocycles. The van der Waals surface area contributed by atoms with Crippen molar-refractivity contribution in [2.24, 2.45) is 0 Å². The number of urea groups is 1. The van der Waals surface area contributed by atoms with Crippen LogP contribution in [0.5, 0.6) is 0 Å². The van der Waals surface area contributed by atoms with Gasteiger partial charge < -0.3 is 10.6 Å². The Hall–Kier alpha value is -2.41. The second-order valence-corrected chi connectivity index (χ2v) is 5.35. The van der Waals surface area contributed by atoms with Crippen molar-refractivity contribution in [3.63, 3.8) is 0 Å². The van der Waals surface area contributed by atoms with Gasteiger partial charge in [0.1, 0.15) is 0 Å². The molecule has 2 heterocycles. The van der Waals surface area contributed by atoms with Crippen molar-refractivity contribution in [1.29, 1.82) is 0 Å². The van der Waals surface area contributed by atoms with Gasteiger partial charge in [-0.1, -0.05) is 31.0 Å². The minimum absolute atomic E-state index is 0.272. The first-order valence-corrected chi connectivity index (χ1v) is 7.42. The first-order chi connectivity index (χ1) is 10.7. The largest absolute Gasteiger partial charge is 0.338 e. The molecular formula is C14H15ClN6O. The highest BCUT2D eigenvalue weighted by atomic mass is 35.5. The fraction of sp³-hybridized carbons (Fsp3) is 0.286. The summed E-state index contributed by atoms with van der Waals surface area (Å²) in [5, 5.41) is 18.7. The molecule has 0 aliphatic heterocycles. The zero-order valence-corrected chi connectivity index (χ0v) is 12.8. The summed E-state index contributed by atoms with van der Waals surface area (Å²) in [6.07, 6.45) is 1.96. The second kappa shape index (κ2) is 6.15.